The second-order valence-corrected chi connectivity index (χ2v) is 6.60. The van der Waals surface area contributed by atoms with Gasteiger partial charge in [-0.15, -0.1) is 0 Å². The van der Waals surface area contributed by atoms with Crippen LogP contribution in [0, 0.1) is 10.5 Å². The van der Waals surface area contributed by atoms with Gasteiger partial charge in [0.15, 0.2) is 0 Å². The molecule has 94 valence electrons. The average Bonchev–Trinajstić information content (AvgIpc) is 2.28. The fourth-order valence-electron chi connectivity index (χ4n) is 1.90. The molecule has 2 aromatic rings. The number of hydrogen-bond acceptors (Lipinski definition) is 1. The van der Waals surface area contributed by atoms with Crippen LogP contribution in [0.4, 0.5) is 5.69 Å². The Labute approximate surface area is 130 Å². The predicted molar refractivity (Wildman–Crippen MR) is 90.1 cm³/mol. The summed E-state index contributed by atoms with van der Waals surface area (Å²) >= 11 is 5.85. The molecule has 0 aliphatic heterocycles. The molecule has 2 aromatic carbocycles. The Morgan fingerprint density at radius 2 is 1.78 bits per heavy atom. The van der Waals surface area contributed by atoms with Crippen LogP contribution in [0.3, 0.4) is 0 Å². The maximum atomic E-state index is 3.53. The molecule has 0 radical (unpaired) electrons. The van der Waals surface area contributed by atoms with E-state index in [-0.39, 0.29) is 0 Å². The van der Waals surface area contributed by atoms with Crippen molar-refractivity contribution >= 4 is 44.2 Å². The highest BCUT2D eigenvalue weighted by Crippen LogP contribution is 2.24. The molecule has 1 atom stereocenters. The first-order valence-corrected chi connectivity index (χ1v) is 7.71. The second-order valence-electron chi connectivity index (χ2n) is 4.43. The number of benzene rings is 2. The van der Waals surface area contributed by atoms with Gasteiger partial charge in [0.1, 0.15) is 0 Å². The molecule has 0 spiro atoms. The van der Waals surface area contributed by atoms with Gasteiger partial charge in [0.2, 0.25) is 0 Å². The van der Waals surface area contributed by atoms with Gasteiger partial charge in [0.05, 0.1) is 0 Å². The third-order valence-corrected chi connectivity index (χ3v) is 3.97. The van der Waals surface area contributed by atoms with E-state index in [1.54, 1.807) is 0 Å². The Morgan fingerprint density at radius 3 is 2.39 bits per heavy atom. The first kappa shape index (κ1) is 13.9. The van der Waals surface area contributed by atoms with E-state index in [1.165, 1.54) is 14.7 Å². The van der Waals surface area contributed by atoms with Crippen LogP contribution in [0.25, 0.3) is 0 Å². The van der Waals surface area contributed by atoms with E-state index in [2.05, 4.69) is 100 Å². The fourth-order valence-corrected chi connectivity index (χ4v) is 2.87. The number of aryl methyl sites for hydroxylation is 1. The van der Waals surface area contributed by atoms with Gasteiger partial charge >= 0.3 is 0 Å². The molecule has 0 heterocycles. The normalized spacial score (nSPS) is 12.2. The largest absolute Gasteiger partial charge is 0.378 e. The van der Waals surface area contributed by atoms with E-state index < -0.39 is 0 Å². The Hall–Kier alpha value is -0.550. The van der Waals surface area contributed by atoms with Gasteiger partial charge in [-0.05, 0) is 77.9 Å². The molecule has 0 aromatic heterocycles. The highest BCUT2D eigenvalue weighted by atomic mass is 127. The predicted octanol–water partition coefficient (Wildman–Crippen LogP) is 5.54. The lowest BCUT2D eigenvalue weighted by molar-refractivity contribution is 0.884. The van der Waals surface area contributed by atoms with Gasteiger partial charge < -0.3 is 5.32 Å². The minimum atomic E-state index is 0.302. The van der Waals surface area contributed by atoms with E-state index in [4.69, 9.17) is 0 Å². The van der Waals surface area contributed by atoms with Gasteiger partial charge in [0, 0.05) is 19.8 Å². The van der Waals surface area contributed by atoms with E-state index in [9.17, 15) is 0 Å². The third-order valence-electron chi connectivity index (χ3n) is 2.80. The zero-order valence-electron chi connectivity index (χ0n) is 10.4. The summed E-state index contributed by atoms with van der Waals surface area (Å²) in [5.74, 6) is 0. The van der Waals surface area contributed by atoms with Crippen molar-refractivity contribution in [2.75, 3.05) is 5.32 Å². The lowest BCUT2D eigenvalue weighted by atomic mass is 10.1. The van der Waals surface area contributed by atoms with Crippen LogP contribution >= 0.6 is 38.5 Å². The first-order valence-electron chi connectivity index (χ1n) is 5.84. The number of anilines is 1. The summed E-state index contributed by atoms with van der Waals surface area (Å²) in [7, 11) is 0. The highest BCUT2D eigenvalue weighted by molar-refractivity contribution is 14.1. The van der Waals surface area contributed by atoms with Crippen molar-refractivity contribution in [3.63, 3.8) is 0 Å². The van der Waals surface area contributed by atoms with Crippen molar-refractivity contribution in [1.82, 2.24) is 0 Å². The molecule has 2 rings (SSSR count). The summed E-state index contributed by atoms with van der Waals surface area (Å²) in [6.07, 6.45) is 0. The van der Waals surface area contributed by atoms with Gasteiger partial charge in [-0.3, -0.25) is 0 Å². The molecule has 1 nitrogen and oxygen atoms in total. The Kier molecular flexibility index (Phi) is 4.67. The van der Waals surface area contributed by atoms with E-state index >= 15 is 0 Å². The monoisotopic (exact) mass is 415 g/mol. The van der Waals surface area contributed by atoms with Gasteiger partial charge in [-0.1, -0.05) is 28.1 Å². The minimum absolute atomic E-state index is 0.302. The van der Waals surface area contributed by atoms with E-state index in [1.807, 2.05) is 0 Å². The smallest absolute Gasteiger partial charge is 0.0485 e. The Morgan fingerprint density at radius 1 is 1.11 bits per heavy atom. The molecule has 0 amide bonds. The van der Waals surface area contributed by atoms with Crippen molar-refractivity contribution in [1.29, 1.82) is 0 Å². The first-order chi connectivity index (χ1) is 8.54. The lowest BCUT2D eigenvalue weighted by Crippen LogP contribution is -2.06. The highest BCUT2D eigenvalue weighted by Gasteiger charge is 2.05. The van der Waals surface area contributed by atoms with Crippen LogP contribution in [0.5, 0.6) is 0 Å². The molecule has 1 N–H and O–H groups in total. The molecule has 0 aliphatic rings. The number of nitrogens with one attached hydrogen (secondary N) is 1. The standard InChI is InChI=1S/C15H15BrIN/c1-10-7-13(16)9-15(8-10)18-11(2)12-3-5-14(17)6-4-12/h3-9,11,18H,1-2H3. The summed E-state index contributed by atoms with van der Waals surface area (Å²) in [5, 5.41) is 3.53. The van der Waals surface area contributed by atoms with Crippen molar-refractivity contribution in [3.05, 3.63) is 61.6 Å². The molecule has 0 aliphatic carbocycles. The molecular formula is C15H15BrIN. The maximum Gasteiger partial charge on any atom is 0.0485 e. The molecule has 1 unspecified atom stereocenters. The average molecular weight is 416 g/mol. The molecule has 0 saturated carbocycles. The zero-order chi connectivity index (χ0) is 13.1. The van der Waals surface area contributed by atoms with Crippen LogP contribution in [0.1, 0.15) is 24.1 Å². The fraction of sp³-hybridized carbons (Fsp3) is 0.200. The topological polar surface area (TPSA) is 12.0 Å². The van der Waals surface area contributed by atoms with Crippen LogP contribution in [0.2, 0.25) is 0 Å². The summed E-state index contributed by atoms with van der Waals surface area (Å²) in [6.45, 7) is 4.28. The zero-order valence-corrected chi connectivity index (χ0v) is 14.1. The molecule has 3 heteroatoms. The molecule has 0 bridgehead atoms. The summed E-state index contributed by atoms with van der Waals surface area (Å²) in [6, 6.07) is 15.3. The van der Waals surface area contributed by atoms with Gasteiger partial charge in [-0.25, -0.2) is 0 Å². The van der Waals surface area contributed by atoms with Crippen molar-refractivity contribution in [2.24, 2.45) is 0 Å². The lowest BCUT2D eigenvalue weighted by Gasteiger charge is -2.16. The van der Waals surface area contributed by atoms with Gasteiger partial charge in [0.25, 0.3) is 0 Å². The molecule has 18 heavy (non-hydrogen) atoms. The second kappa shape index (κ2) is 6.06. The SMILES string of the molecule is Cc1cc(Br)cc(NC(C)c2ccc(I)cc2)c1. The Balaban J connectivity index is 2.15. The van der Waals surface area contributed by atoms with Crippen LogP contribution in [0.15, 0.2) is 46.9 Å². The minimum Gasteiger partial charge on any atom is -0.378 e. The van der Waals surface area contributed by atoms with Crippen LogP contribution in [-0.4, -0.2) is 0 Å². The summed E-state index contributed by atoms with van der Waals surface area (Å²) in [4.78, 5) is 0. The summed E-state index contributed by atoms with van der Waals surface area (Å²) in [5.41, 5.74) is 3.70. The van der Waals surface area contributed by atoms with E-state index in [0.717, 1.165) is 10.2 Å². The molecule has 0 fully saturated rings. The van der Waals surface area contributed by atoms with Crippen molar-refractivity contribution in [3.8, 4) is 0 Å². The van der Waals surface area contributed by atoms with Crippen molar-refractivity contribution < 1.29 is 0 Å². The van der Waals surface area contributed by atoms with Crippen LogP contribution < -0.4 is 5.32 Å². The number of rotatable bonds is 3. The van der Waals surface area contributed by atoms with E-state index in [0.29, 0.717) is 6.04 Å². The number of hydrogen-bond donors (Lipinski definition) is 1. The van der Waals surface area contributed by atoms with Crippen molar-refractivity contribution in [2.45, 2.75) is 19.9 Å². The Bertz CT molecular complexity index is 516. The maximum absolute atomic E-state index is 3.53. The molecule has 0 saturated heterocycles. The quantitative estimate of drug-likeness (QED) is 0.649. The number of halogens is 2. The summed E-state index contributed by atoms with van der Waals surface area (Å²) < 4.78 is 2.38. The third kappa shape index (κ3) is 3.72. The molecular weight excluding hydrogens is 401 g/mol. The van der Waals surface area contributed by atoms with Gasteiger partial charge in [-0.2, -0.15) is 0 Å². The van der Waals surface area contributed by atoms with Crippen LogP contribution in [-0.2, 0) is 0 Å².